The number of carbonyl (C=O) groups excluding carboxylic acids is 1. The molecule has 2 N–H and O–H groups in total. The highest BCUT2D eigenvalue weighted by molar-refractivity contribution is 5.87. The highest BCUT2D eigenvalue weighted by Crippen LogP contribution is 2.33. The summed E-state index contributed by atoms with van der Waals surface area (Å²) in [5, 5.41) is 35.5. The number of nitrogens with zero attached hydrogens (tertiary/aromatic N) is 3. The molecule has 1 aliphatic carbocycles. The largest absolute Gasteiger partial charge is 0.390 e. The van der Waals surface area contributed by atoms with Crippen LogP contribution in [0.15, 0.2) is 23.3 Å². The van der Waals surface area contributed by atoms with E-state index in [-0.39, 0.29) is 12.0 Å². The third kappa shape index (κ3) is 5.05. The second-order valence-electron chi connectivity index (χ2n) is 5.98. The van der Waals surface area contributed by atoms with Gasteiger partial charge in [-0.1, -0.05) is 12.8 Å². The van der Waals surface area contributed by atoms with Gasteiger partial charge in [-0.05, 0) is 25.3 Å². The van der Waals surface area contributed by atoms with Crippen LogP contribution in [0.2, 0.25) is 0 Å². The van der Waals surface area contributed by atoms with E-state index in [4.69, 9.17) is 0 Å². The van der Waals surface area contributed by atoms with Crippen molar-refractivity contribution in [3.63, 3.8) is 0 Å². The summed E-state index contributed by atoms with van der Waals surface area (Å²) in [7, 11) is 0. The van der Waals surface area contributed by atoms with Crippen LogP contribution in [0.5, 0.6) is 0 Å². The van der Waals surface area contributed by atoms with Crippen molar-refractivity contribution in [1.29, 1.82) is 0 Å². The Morgan fingerprint density at radius 3 is 2.56 bits per heavy atom. The molecule has 10 nitrogen and oxygen atoms in total. The van der Waals surface area contributed by atoms with Crippen LogP contribution in [0.3, 0.4) is 0 Å². The Morgan fingerprint density at radius 1 is 1.28 bits per heavy atom. The summed E-state index contributed by atoms with van der Waals surface area (Å²) in [5.74, 6) is -0.416. The van der Waals surface area contributed by atoms with Crippen LogP contribution < -0.4 is 5.43 Å². The Balaban J connectivity index is 1.95. The maximum atomic E-state index is 11.7. The number of nitrogens with one attached hydrogen (secondary N) is 1. The van der Waals surface area contributed by atoms with Crippen LogP contribution in [0.4, 0.5) is 11.4 Å². The fraction of sp³-hybridized carbons (Fsp3) is 0.467. The van der Waals surface area contributed by atoms with Crippen LogP contribution in [-0.2, 0) is 4.79 Å². The molecule has 1 fully saturated rings. The molecule has 0 atom stereocenters. The minimum atomic E-state index is -0.793. The quantitative estimate of drug-likeness (QED) is 0.437. The van der Waals surface area contributed by atoms with Gasteiger partial charge in [-0.2, -0.15) is 5.10 Å². The van der Waals surface area contributed by atoms with Gasteiger partial charge in [-0.25, -0.2) is 5.43 Å². The molecule has 1 saturated carbocycles. The number of hydrogen-bond donors (Lipinski definition) is 2. The number of benzene rings is 1. The van der Waals surface area contributed by atoms with Crippen LogP contribution in [0, 0.1) is 20.2 Å². The number of carbonyl (C=O) groups is 1. The minimum Gasteiger partial charge on any atom is -0.390 e. The van der Waals surface area contributed by atoms with Crippen LogP contribution in [0.1, 0.15) is 44.1 Å². The summed E-state index contributed by atoms with van der Waals surface area (Å²) in [6, 6.07) is 3.14. The molecule has 0 radical (unpaired) electrons. The van der Waals surface area contributed by atoms with E-state index in [1.54, 1.807) is 0 Å². The lowest BCUT2D eigenvalue weighted by Crippen LogP contribution is -2.27. The first-order valence-corrected chi connectivity index (χ1v) is 7.78. The van der Waals surface area contributed by atoms with E-state index in [0.29, 0.717) is 19.3 Å². The lowest BCUT2D eigenvalue weighted by Gasteiger charge is -2.20. The van der Waals surface area contributed by atoms with E-state index in [1.807, 2.05) is 0 Å². The number of hydrogen-bond acceptors (Lipinski definition) is 7. The number of rotatable bonds is 7. The molecule has 0 bridgehead atoms. The molecular weight excluding hydrogens is 332 g/mol. The summed E-state index contributed by atoms with van der Waals surface area (Å²) in [6.07, 6.45) is 4.74. The smallest absolute Gasteiger partial charge is 0.285 e. The van der Waals surface area contributed by atoms with Crippen molar-refractivity contribution < 1.29 is 19.7 Å². The fourth-order valence-corrected chi connectivity index (χ4v) is 2.77. The molecule has 1 amide bonds. The first-order valence-electron chi connectivity index (χ1n) is 7.78. The third-order valence-electron chi connectivity index (χ3n) is 4.17. The van der Waals surface area contributed by atoms with Gasteiger partial charge < -0.3 is 5.11 Å². The molecule has 1 aliphatic rings. The Bertz CT molecular complexity index is 712. The Hall–Kier alpha value is -2.88. The van der Waals surface area contributed by atoms with Gasteiger partial charge in [0.15, 0.2) is 0 Å². The van der Waals surface area contributed by atoms with Gasteiger partial charge in [0.2, 0.25) is 5.91 Å². The van der Waals surface area contributed by atoms with Crippen molar-refractivity contribution in [1.82, 2.24) is 5.43 Å². The van der Waals surface area contributed by atoms with Gasteiger partial charge in [0.1, 0.15) is 0 Å². The fourth-order valence-electron chi connectivity index (χ4n) is 2.77. The minimum absolute atomic E-state index is 0.0327. The average molecular weight is 350 g/mol. The summed E-state index contributed by atoms with van der Waals surface area (Å²) < 4.78 is 0. The van der Waals surface area contributed by atoms with Crippen molar-refractivity contribution >= 4 is 23.5 Å². The number of non-ortho nitro benzene ring substituents is 1. The van der Waals surface area contributed by atoms with Crippen molar-refractivity contribution in [3.8, 4) is 0 Å². The van der Waals surface area contributed by atoms with Crippen molar-refractivity contribution in [2.45, 2.75) is 44.1 Å². The third-order valence-corrected chi connectivity index (χ3v) is 4.17. The van der Waals surface area contributed by atoms with Gasteiger partial charge in [-0.15, -0.1) is 0 Å². The van der Waals surface area contributed by atoms with Crippen LogP contribution >= 0.6 is 0 Å². The molecule has 1 aromatic rings. The summed E-state index contributed by atoms with van der Waals surface area (Å²) in [6.45, 7) is 0. The van der Waals surface area contributed by atoms with Gasteiger partial charge >= 0.3 is 0 Å². The number of aliphatic hydroxyl groups is 1. The van der Waals surface area contributed by atoms with Crippen molar-refractivity contribution in [2.24, 2.45) is 5.10 Å². The molecule has 25 heavy (non-hydrogen) atoms. The Labute approximate surface area is 142 Å². The van der Waals surface area contributed by atoms with E-state index in [2.05, 4.69) is 10.5 Å². The first kappa shape index (κ1) is 18.5. The van der Waals surface area contributed by atoms with Gasteiger partial charge in [0.05, 0.1) is 33.3 Å². The zero-order valence-electron chi connectivity index (χ0n) is 13.4. The lowest BCUT2D eigenvalue weighted by molar-refractivity contribution is -0.394. The molecule has 0 spiro atoms. The molecular formula is C15H18N4O6. The second-order valence-corrected chi connectivity index (χ2v) is 5.98. The number of nitro groups is 2. The normalized spacial score (nSPS) is 16.0. The van der Waals surface area contributed by atoms with E-state index >= 15 is 0 Å². The molecule has 0 aromatic heterocycles. The lowest BCUT2D eigenvalue weighted by atomic mass is 9.96. The Morgan fingerprint density at radius 2 is 1.96 bits per heavy atom. The highest BCUT2D eigenvalue weighted by atomic mass is 16.6. The SMILES string of the molecule is O=C(CCC1(O)CCCC1)N/N=C/c1ccc([N+](=O)[O-])cc1[N+](=O)[O-]. The van der Waals surface area contributed by atoms with E-state index in [0.717, 1.165) is 31.2 Å². The van der Waals surface area contributed by atoms with E-state index < -0.39 is 32.7 Å². The number of amides is 1. The maximum absolute atomic E-state index is 11.7. The van der Waals surface area contributed by atoms with Gasteiger partial charge in [0.25, 0.3) is 11.4 Å². The standard InChI is InChI=1S/C15H18N4O6/c20-14(5-8-15(21)6-1-2-7-15)17-16-10-11-3-4-12(18(22)23)9-13(11)19(24)25/h3-4,9-10,21H,1-2,5-8H2,(H,17,20)/b16-10+. The maximum Gasteiger partial charge on any atom is 0.285 e. The molecule has 0 aliphatic heterocycles. The predicted octanol–water partition coefficient (Wildman–Crippen LogP) is 2.04. The monoisotopic (exact) mass is 350 g/mol. The van der Waals surface area contributed by atoms with Crippen LogP contribution in [-0.4, -0.2) is 32.7 Å². The summed E-state index contributed by atoms with van der Waals surface area (Å²) in [5.41, 5.74) is 0.594. The molecule has 0 heterocycles. The van der Waals surface area contributed by atoms with E-state index in [9.17, 15) is 30.1 Å². The second kappa shape index (κ2) is 7.79. The van der Waals surface area contributed by atoms with E-state index in [1.165, 1.54) is 6.07 Å². The number of nitro benzene ring substituents is 2. The first-order chi connectivity index (χ1) is 11.8. The molecule has 134 valence electrons. The Kier molecular flexibility index (Phi) is 5.75. The van der Waals surface area contributed by atoms with Crippen molar-refractivity contribution in [2.75, 3.05) is 0 Å². The molecule has 2 rings (SSSR count). The summed E-state index contributed by atoms with van der Waals surface area (Å²) >= 11 is 0. The molecule has 10 heteroatoms. The zero-order valence-corrected chi connectivity index (χ0v) is 13.4. The topological polar surface area (TPSA) is 148 Å². The summed E-state index contributed by atoms with van der Waals surface area (Å²) in [4.78, 5) is 31.9. The van der Waals surface area contributed by atoms with Gasteiger partial charge in [0, 0.05) is 12.5 Å². The number of hydrazone groups is 1. The molecule has 0 unspecified atom stereocenters. The average Bonchev–Trinajstić information content (AvgIpc) is 3.00. The molecule has 1 aromatic carbocycles. The van der Waals surface area contributed by atoms with Gasteiger partial charge in [-0.3, -0.25) is 25.0 Å². The molecule has 0 saturated heterocycles. The van der Waals surface area contributed by atoms with Crippen LogP contribution in [0.25, 0.3) is 0 Å². The predicted molar refractivity (Wildman–Crippen MR) is 88.1 cm³/mol. The zero-order chi connectivity index (χ0) is 18.4. The van der Waals surface area contributed by atoms with Crippen molar-refractivity contribution in [3.05, 3.63) is 44.0 Å². The highest BCUT2D eigenvalue weighted by Gasteiger charge is 2.31.